The number of carbonyl (C=O) groups is 3. The van der Waals surface area contributed by atoms with Crippen LogP contribution in [-0.4, -0.2) is 91.2 Å². The molecule has 7 saturated carbocycles. The summed E-state index contributed by atoms with van der Waals surface area (Å²) in [5.41, 5.74) is 16.2. The van der Waals surface area contributed by atoms with Gasteiger partial charge in [0.25, 0.3) is 0 Å². The molecular formula is C71H106N6O3. The number of nitrogens with one attached hydrogen (secondary N) is 2. The molecule has 80 heavy (non-hydrogen) atoms. The topological polar surface area (TPSA) is 111 Å². The van der Waals surface area contributed by atoms with Crippen LogP contribution in [0, 0.1) is 47.3 Å². The number of likely N-dealkylation sites (tertiary alicyclic amines) is 3. The number of benzene rings is 3. The van der Waals surface area contributed by atoms with E-state index in [9.17, 15) is 9.59 Å². The third-order valence-corrected chi connectivity index (χ3v) is 24.1. The van der Waals surface area contributed by atoms with E-state index in [-0.39, 0.29) is 45.0 Å². The predicted octanol–water partition coefficient (Wildman–Crippen LogP) is 13.6. The average molecular weight is 1090 g/mol. The maximum atomic E-state index is 11.7. The van der Waals surface area contributed by atoms with Gasteiger partial charge in [-0.25, -0.2) is 0 Å². The Morgan fingerprint density at radius 1 is 0.550 bits per heavy atom. The molecule has 3 spiro atoms. The largest absolute Gasteiger partial charge is 0.349 e. The Morgan fingerprint density at radius 2 is 1.00 bits per heavy atom. The van der Waals surface area contributed by atoms with E-state index in [1.54, 1.807) is 19.4 Å². The lowest BCUT2D eigenvalue weighted by Crippen LogP contribution is -2.52. The Morgan fingerprint density at radius 3 is 1.44 bits per heavy atom. The number of fused-ring (bicyclic) bond motifs is 14. The molecule has 15 aliphatic rings. The number of hydrogen-bond donors (Lipinski definition) is 3. The molecule has 3 aromatic carbocycles. The molecule has 9 nitrogen and oxygen atoms in total. The summed E-state index contributed by atoms with van der Waals surface area (Å²) in [6, 6.07) is 28.3. The molecule has 0 radical (unpaired) electrons. The van der Waals surface area contributed by atoms with Crippen LogP contribution in [0.25, 0.3) is 0 Å². The summed E-state index contributed by atoms with van der Waals surface area (Å²) < 4.78 is 0. The third-order valence-electron chi connectivity index (χ3n) is 24.1. The van der Waals surface area contributed by atoms with Crippen molar-refractivity contribution in [1.82, 2.24) is 25.3 Å². The number of hydrogen-bond acceptors (Lipinski definition) is 7. The molecule has 9 heteroatoms. The molecule has 0 aromatic heterocycles. The monoisotopic (exact) mass is 1090 g/mol. The van der Waals surface area contributed by atoms with Crippen LogP contribution < -0.4 is 16.4 Å². The minimum atomic E-state index is 0. The molecule has 5 unspecified atom stereocenters. The molecule has 3 saturated heterocycles. The molecule has 438 valence electrons. The van der Waals surface area contributed by atoms with E-state index >= 15 is 0 Å². The van der Waals surface area contributed by atoms with Gasteiger partial charge in [-0.2, -0.15) is 0 Å². The number of carbonyl (C=O) groups excluding carboxylic acids is 3. The van der Waals surface area contributed by atoms with Crippen molar-refractivity contribution in [3.63, 3.8) is 0 Å². The van der Waals surface area contributed by atoms with E-state index in [2.05, 4.69) is 110 Å². The zero-order valence-electron chi connectivity index (χ0n) is 49.4. The van der Waals surface area contributed by atoms with Crippen molar-refractivity contribution < 1.29 is 18.7 Å². The first-order valence-electron chi connectivity index (χ1n) is 32.8. The summed E-state index contributed by atoms with van der Waals surface area (Å²) in [7, 11) is 0. The quantitative estimate of drug-likeness (QED) is 0.160. The summed E-state index contributed by atoms with van der Waals surface area (Å²) in [6.07, 6.45) is 36.0. The smallest absolute Gasteiger partial charge is 0.217 e. The number of amides is 2. The molecule has 3 aliphatic heterocycles. The van der Waals surface area contributed by atoms with Gasteiger partial charge < -0.3 is 35.9 Å². The number of nitrogens with zero attached hydrogens (tertiary/aromatic N) is 3. The fourth-order valence-corrected chi connectivity index (χ4v) is 20.0. The molecule has 3 heterocycles. The lowest BCUT2D eigenvalue weighted by molar-refractivity contribution is -0.120. The molecule has 12 aliphatic carbocycles. The highest BCUT2D eigenvalue weighted by Gasteiger charge is 2.50. The Labute approximate surface area is 486 Å². The van der Waals surface area contributed by atoms with Crippen molar-refractivity contribution in [1.29, 1.82) is 0 Å². The maximum Gasteiger partial charge on any atom is 0.217 e. The summed E-state index contributed by atoms with van der Waals surface area (Å²) >= 11 is 0. The zero-order chi connectivity index (χ0) is 55.0. The van der Waals surface area contributed by atoms with E-state index in [4.69, 9.17) is 10.5 Å². The lowest BCUT2D eigenvalue weighted by Gasteiger charge is -2.51. The molecule has 2 amide bonds. The highest BCUT2D eigenvalue weighted by Crippen LogP contribution is 2.55. The van der Waals surface area contributed by atoms with Crippen molar-refractivity contribution >= 4 is 18.1 Å². The molecule has 4 N–H and O–H groups in total. The van der Waals surface area contributed by atoms with Gasteiger partial charge in [0, 0.05) is 54.1 Å². The van der Waals surface area contributed by atoms with Gasteiger partial charge >= 0.3 is 0 Å². The van der Waals surface area contributed by atoms with Gasteiger partial charge in [0.15, 0.2) is 0 Å². The average Bonchev–Trinajstić information content (AvgIpc) is 4.13. The molecule has 3 aromatic rings. The number of aldehydes is 1. The fourth-order valence-electron chi connectivity index (χ4n) is 20.0. The number of piperidine rings is 3. The van der Waals surface area contributed by atoms with Crippen LogP contribution in [0.2, 0.25) is 0 Å². The van der Waals surface area contributed by atoms with Crippen LogP contribution in [0.5, 0.6) is 0 Å². The van der Waals surface area contributed by atoms with Crippen molar-refractivity contribution in [3.05, 3.63) is 118 Å². The van der Waals surface area contributed by atoms with Gasteiger partial charge in [-0.15, -0.1) is 0 Å². The Kier molecular flexibility index (Phi) is 17.0. The Bertz CT molecular complexity index is 2660. The molecule has 18 rings (SSSR count). The third kappa shape index (κ3) is 11.6. The molecule has 8 atom stereocenters. The number of rotatable bonds is 7. The normalized spacial score (nSPS) is 34.5. The van der Waals surface area contributed by atoms with Crippen LogP contribution in [0.15, 0.2) is 84.9 Å². The second-order valence-corrected chi connectivity index (χ2v) is 28.4. The molecule has 10 fully saturated rings. The molecular weight excluding hydrogens is 985 g/mol. The first kappa shape index (κ1) is 56.3. The molecule has 6 bridgehead atoms. The number of nitrogens with two attached hydrogens (primary N) is 1. The van der Waals surface area contributed by atoms with E-state index in [1.807, 2.05) is 0 Å². The summed E-state index contributed by atoms with van der Waals surface area (Å²) in [5, 5.41) is 6.42. The fraction of sp³-hybridized carbons (Fsp3) is 0.676. The first-order valence-corrected chi connectivity index (χ1v) is 32.8. The minimum Gasteiger partial charge on any atom is -0.349 e. The summed E-state index contributed by atoms with van der Waals surface area (Å²) in [4.78, 5) is 40.6. The van der Waals surface area contributed by atoms with Gasteiger partial charge in [-0.05, 0) is 248 Å². The minimum absolute atomic E-state index is 0. The van der Waals surface area contributed by atoms with Gasteiger partial charge in [0.2, 0.25) is 11.8 Å². The summed E-state index contributed by atoms with van der Waals surface area (Å²) in [5.74, 6) is 7.83. The lowest BCUT2D eigenvalue weighted by atomic mass is 9.64. The highest BCUT2D eigenvalue weighted by atomic mass is 16.2. The van der Waals surface area contributed by atoms with Crippen molar-refractivity contribution in [2.24, 2.45) is 53.1 Å². The summed E-state index contributed by atoms with van der Waals surface area (Å²) in [6.45, 7) is 14.8. The highest BCUT2D eigenvalue weighted by molar-refractivity contribution is 5.74. The standard InChI is InChI=1S/C24H34N2O.C24H32N2O.C21H30N2.C2H4O.3H2/c2*1-17(27)25-23-15-24(22-5-3-2-4-21(22)23)10-12-26(13-11-24)16-20-14-18-6-8-19(20)9-7-18;22-19-14-21(18-4-2-1-3-17(18)19)9-11-23(12-10-21)20-13-15-5-7-16(20)8-6-15;1-2-3;;;/h2-5,18-20,23H,6-16H2,1H3,(H,25,27);2-6,8,18-20,23H,7,9-16H2,1H3,(H,25,27);1-4,15-16,19-20H,5-14,22H2;2H,1H3;3*1H/t18?,19?,20-,23?;;15?,16?,19-,20+;;;;/m1.1..../s1. The zero-order valence-corrected chi connectivity index (χ0v) is 49.4. The second kappa shape index (κ2) is 24.2. The van der Waals surface area contributed by atoms with Gasteiger partial charge in [0.1, 0.15) is 6.29 Å². The van der Waals surface area contributed by atoms with Crippen LogP contribution in [0.4, 0.5) is 0 Å². The van der Waals surface area contributed by atoms with Gasteiger partial charge in [0.05, 0.1) is 12.1 Å². The van der Waals surface area contributed by atoms with Gasteiger partial charge in [-0.3, -0.25) is 9.59 Å². The second-order valence-electron chi connectivity index (χ2n) is 28.4. The van der Waals surface area contributed by atoms with Crippen LogP contribution >= 0.6 is 0 Å². The van der Waals surface area contributed by atoms with E-state index < -0.39 is 0 Å². The number of allylic oxidation sites excluding steroid dienone is 2. The maximum absolute atomic E-state index is 11.7. The van der Waals surface area contributed by atoms with Crippen LogP contribution in [0.1, 0.15) is 218 Å². The van der Waals surface area contributed by atoms with Crippen LogP contribution in [0.3, 0.4) is 0 Å². The van der Waals surface area contributed by atoms with E-state index in [0.717, 1.165) is 72.5 Å². The van der Waals surface area contributed by atoms with E-state index in [0.29, 0.717) is 5.41 Å². The predicted molar refractivity (Wildman–Crippen MR) is 329 cm³/mol. The van der Waals surface area contributed by atoms with Crippen molar-refractivity contribution in [2.45, 2.75) is 202 Å². The van der Waals surface area contributed by atoms with Gasteiger partial charge in [-0.1, -0.05) is 111 Å². The van der Waals surface area contributed by atoms with Crippen LogP contribution in [-0.2, 0) is 30.6 Å². The van der Waals surface area contributed by atoms with E-state index in [1.165, 1.54) is 216 Å². The Hall–Kier alpha value is -4.15. The van der Waals surface area contributed by atoms with Crippen molar-refractivity contribution in [2.75, 3.05) is 52.4 Å². The Balaban J connectivity index is 0.000000144. The van der Waals surface area contributed by atoms with Crippen molar-refractivity contribution in [3.8, 4) is 0 Å². The first-order chi connectivity index (χ1) is 38.9. The SMILES string of the molecule is CC(=O)NC1CC2(CCN(CC3CC4C=CC3CC4)CC2)c2ccccc21.CC(=O)NC1CC2(CCN(C[C@H]3CC4CCC3CC4)CC2)c2ccccc21.CC=O.N[C@@H]1CC2(CCN([C@H]3CC4CCC3CC4)CC2)c2ccccc21.[HH].[HH].[HH].